The van der Waals surface area contributed by atoms with E-state index in [2.05, 4.69) is 15.6 Å². The van der Waals surface area contributed by atoms with Crippen molar-refractivity contribution in [3.05, 3.63) is 72.1 Å². The minimum atomic E-state index is -0.222. The van der Waals surface area contributed by atoms with E-state index in [1.807, 2.05) is 61.5 Å². The first-order chi connectivity index (χ1) is 15.0. The van der Waals surface area contributed by atoms with Gasteiger partial charge in [-0.2, -0.15) is 0 Å². The zero-order chi connectivity index (χ0) is 22.2. The van der Waals surface area contributed by atoms with Crippen LogP contribution in [0, 0.1) is 0 Å². The molecule has 0 aliphatic carbocycles. The third-order valence-electron chi connectivity index (χ3n) is 4.81. The Hall–Kier alpha value is -3.74. The lowest BCUT2D eigenvalue weighted by atomic mass is 10.1. The van der Waals surface area contributed by atoms with Gasteiger partial charge in [0, 0.05) is 56.4 Å². The van der Waals surface area contributed by atoms with Crippen LogP contribution in [0.5, 0.6) is 11.5 Å². The number of amides is 1. The van der Waals surface area contributed by atoms with Gasteiger partial charge >= 0.3 is 0 Å². The molecule has 3 rings (SSSR count). The van der Waals surface area contributed by atoms with Crippen LogP contribution in [0.15, 0.2) is 60.8 Å². The van der Waals surface area contributed by atoms with Crippen LogP contribution in [0.25, 0.3) is 0 Å². The Balaban J connectivity index is 1.66. The lowest BCUT2D eigenvalue weighted by Gasteiger charge is -2.20. The number of hydrogen-bond donors (Lipinski definition) is 2. The first-order valence-electron chi connectivity index (χ1n) is 10.0. The SMILES string of the molecule is COc1cc(C(=O)Nc2ccc(NCCc3ccccn3)cc2)c(N(C)C)cc1OC. The van der Waals surface area contributed by atoms with E-state index in [9.17, 15) is 4.79 Å². The van der Waals surface area contributed by atoms with E-state index in [4.69, 9.17) is 9.47 Å². The van der Waals surface area contributed by atoms with Crippen LogP contribution in [0.1, 0.15) is 16.1 Å². The van der Waals surface area contributed by atoms with E-state index in [0.29, 0.717) is 22.7 Å². The van der Waals surface area contributed by atoms with Gasteiger partial charge in [0.1, 0.15) is 0 Å². The Morgan fingerprint density at radius 2 is 1.65 bits per heavy atom. The maximum absolute atomic E-state index is 13.0. The minimum absolute atomic E-state index is 0.222. The molecule has 0 aliphatic heterocycles. The van der Waals surface area contributed by atoms with E-state index in [1.165, 1.54) is 0 Å². The fraction of sp³-hybridized carbons (Fsp3) is 0.250. The second kappa shape index (κ2) is 10.3. The van der Waals surface area contributed by atoms with Gasteiger partial charge in [-0.05, 0) is 42.5 Å². The number of benzene rings is 2. The van der Waals surface area contributed by atoms with Crippen molar-refractivity contribution < 1.29 is 14.3 Å². The van der Waals surface area contributed by atoms with Crippen LogP contribution in [0.4, 0.5) is 17.1 Å². The highest BCUT2D eigenvalue weighted by atomic mass is 16.5. The summed E-state index contributed by atoms with van der Waals surface area (Å²) >= 11 is 0. The summed E-state index contributed by atoms with van der Waals surface area (Å²) in [7, 11) is 6.88. The largest absolute Gasteiger partial charge is 0.493 e. The second-order valence-corrected chi connectivity index (χ2v) is 7.15. The molecule has 7 nitrogen and oxygen atoms in total. The summed E-state index contributed by atoms with van der Waals surface area (Å²) in [5, 5.41) is 6.32. The van der Waals surface area contributed by atoms with Gasteiger partial charge in [-0.1, -0.05) is 6.07 Å². The van der Waals surface area contributed by atoms with Gasteiger partial charge in [0.15, 0.2) is 11.5 Å². The number of aromatic nitrogens is 1. The molecule has 162 valence electrons. The van der Waals surface area contributed by atoms with Crippen molar-refractivity contribution in [2.24, 2.45) is 0 Å². The molecule has 0 bridgehead atoms. The molecule has 2 N–H and O–H groups in total. The maximum Gasteiger partial charge on any atom is 0.257 e. The monoisotopic (exact) mass is 420 g/mol. The number of nitrogens with zero attached hydrogens (tertiary/aromatic N) is 2. The van der Waals surface area contributed by atoms with Crippen LogP contribution in [0.2, 0.25) is 0 Å². The average molecular weight is 421 g/mol. The van der Waals surface area contributed by atoms with Gasteiger partial charge < -0.3 is 25.0 Å². The molecule has 0 spiro atoms. The van der Waals surface area contributed by atoms with Crippen LogP contribution in [-0.4, -0.2) is 45.8 Å². The number of nitrogens with one attached hydrogen (secondary N) is 2. The second-order valence-electron chi connectivity index (χ2n) is 7.15. The molecule has 0 atom stereocenters. The van der Waals surface area contributed by atoms with Crippen LogP contribution >= 0.6 is 0 Å². The van der Waals surface area contributed by atoms with E-state index in [1.54, 1.807) is 32.5 Å². The predicted molar refractivity (Wildman–Crippen MR) is 125 cm³/mol. The fourth-order valence-electron chi connectivity index (χ4n) is 3.17. The number of pyridine rings is 1. The summed E-state index contributed by atoms with van der Waals surface area (Å²) in [6.07, 6.45) is 2.64. The molecule has 0 radical (unpaired) electrons. The number of ether oxygens (including phenoxy) is 2. The lowest BCUT2D eigenvalue weighted by molar-refractivity contribution is 0.102. The summed E-state index contributed by atoms with van der Waals surface area (Å²) in [6, 6.07) is 17.0. The van der Waals surface area contributed by atoms with E-state index < -0.39 is 0 Å². The van der Waals surface area contributed by atoms with Crippen molar-refractivity contribution in [1.82, 2.24) is 4.98 Å². The Morgan fingerprint density at radius 1 is 0.968 bits per heavy atom. The predicted octanol–water partition coefficient (Wildman–Crippen LogP) is 4.07. The third kappa shape index (κ3) is 5.66. The van der Waals surface area contributed by atoms with Crippen LogP contribution in [0.3, 0.4) is 0 Å². The molecule has 7 heteroatoms. The van der Waals surface area contributed by atoms with Gasteiger partial charge in [-0.3, -0.25) is 9.78 Å². The Kier molecular flexibility index (Phi) is 7.32. The number of rotatable bonds is 9. The number of carbonyl (C=O) groups is 1. The van der Waals surface area contributed by atoms with Crippen molar-refractivity contribution in [3.63, 3.8) is 0 Å². The van der Waals surface area contributed by atoms with E-state index in [0.717, 1.165) is 30.0 Å². The van der Waals surface area contributed by atoms with Crippen LogP contribution < -0.4 is 25.0 Å². The molecule has 1 heterocycles. The zero-order valence-corrected chi connectivity index (χ0v) is 18.3. The highest BCUT2D eigenvalue weighted by Crippen LogP contribution is 2.35. The molecule has 1 aromatic heterocycles. The summed E-state index contributed by atoms with van der Waals surface area (Å²) in [4.78, 5) is 19.2. The fourth-order valence-corrected chi connectivity index (χ4v) is 3.17. The number of anilines is 3. The molecule has 31 heavy (non-hydrogen) atoms. The Labute approximate surface area is 183 Å². The van der Waals surface area contributed by atoms with Gasteiger partial charge in [0.05, 0.1) is 25.5 Å². The van der Waals surface area contributed by atoms with Crippen molar-refractivity contribution in [3.8, 4) is 11.5 Å². The van der Waals surface area contributed by atoms with Crippen LogP contribution in [-0.2, 0) is 6.42 Å². The molecule has 0 saturated carbocycles. The summed E-state index contributed by atoms with van der Waals surface area (Å²) in [5.41, 5.74) is 3.97. The summed E-state index contributed by atoms with van der Waals surface area (Å²) in [6.45, 7) is 0.778. The first kappa shape index (κ1) is 22.0. The number of methoxy groups -OCH3 is 2. The maximum atomic E-state index is 13.0. The smallest absolute Gasteiger partial charge is 0.257 e. The van der Waals surface area contributed by atoms with Crippen molar-refractivity contribution in [1.29, 1.82) is 0 Å². The van der Waals surface area contributed by atoms with Crippen molar-refractivity contribution in [2.45, 2.75) is 6.42 Å². The molecular formula is C24H28N4O3. The Morgan fingerprint density at radius 3 is 2.26 bits per heavy atom. The van der Waals surface area contributed by atoms with Gasteiger partial charge in [-0.25, -0.2) is 0 Å². The van der Waals surface area contributed by atoms with Crippen molar-refractivity contribution in [2.75, 3.05) is 50.4 Å². The summed E-state index contributed by atoms with van der Waals surface area (Å²) in [5.74, 6) is 0.857. The van der Waals surface area contributed by atoms with Gasteiger partial charge in [-0.15, -0.1) is 0 Å². The molecule has 0 fully saturated rings. The van der Waals surface area contributed by atoms with Gasteiger partial charge in [0.2, 0.25) is 0 Å². The Bertz CT molecular complexity index is 1010. The lowest BCUT2D eigenvalue weighted by Crippen LogP contribution is -2.19. The molecule has 0 saturated heterocycles. The highest BCUT2D eigenvalue weighted by Gasteiger charge is 2.18. The average Bonchev–Trinajstić information content (AvgIpc) is 2.79. The molecule has 0 unspecified atom stereocenters. The molecule has 2 aromatic carbocycles. The van der Waals surface area contributed by atoms with E-state index in [-0.39, 0.29) is 5.91 Å². The standard InChI is InChI=1S/C24H28N4O3/c1-28(2)21-16-23(31-4)22(30-3)15-20(21)24(29)27-19-10-8-18(9-11-19)26-14-12-17-7-5-6-13-25-17/h5-11,13,15-16,26H,12,14H2,1-4H3,(H,27,29). The molecular weight excluding hydrogens is 392 g/mol. The molecule has 3 aromatic rings. The quantitative estimate of drug-likeness (QED) is 0.544. The number of carbonyl (C=O) groups excluding carboxylic acids is 1. The normalized spacial score (nSPS) is 10.3. The molecule has 1 amide bonds. The first-order valence-corrected chi connectivity index (χ1v) is 10.0. The van der Waals surface area contributed by atoms with Gasteiger partial charge in [0.25, 0.3) is 5.91 Å². The topological polar surface area (TPSA) is 75.7 Å². The molecule has 0 aliphatic rings. The minimum Gasteiger partial charge on any atom is -0.493 e. The zero-order valence-electron chi connectivity index (χ0n) is 18.3. The number of hydrogen-bond acceptors (Lipinski definition) is 6. The highest BCUT2D eigenvalue weighted by molar-refractivity contribution is 6.08. The third-order valence-corrected chi connectivity index (χ3v) is 4.81. The van der Waals surface area contributed by atoms with Crippen molar-refractivity contribution >= 4 is 23.0 Å². The van der Waals surface area contributed by atoms with E-state index >= 15 is 0 Å². The summed E-state index contributed by atoms with van der Waals surface area (Å²) < 4.78 is 10.7.